The van der Waals surface area contributed by atoms with Crippen LogP contribution in [0.15, 0.2) is 0 Å². The van der Waals surface area contributed by atoms with Gasteiger partial charge < -0.3 is 5.73 Å². The summed E-state index contributed by atoms with van der Waals surface area (Å²) >= 11 is 1.22. The molecular weight excluding hydrogens is 186 g/mol. The van der Waals surface area contributed by atoms with Gasteiger partial charge in [-0.1, -0.05) is 11.3 Å². The van der Waals surface area contributed by atoms with Crippen molar-refractivity contribution in [3.05, 3.63) is 5.01 Å². The van der Waals surface area contributed by atoms with E-state index in [9.17, 15) is 8.42 Å². The Balaban J connectivity index is 2.51. The smallest absolute Gasteiger partial charge is 0.203 e. The minimum atomic E-state index is -2.32. The van der Waals surface area contributed by atoms with E-state index in [2.05, 4.69) is 10.2 Å². The van der Waals surface area contributed by atoms with Crippen LogP contribution >= 0.6 is 11.3 Å². The number of anilines is 1. The predicted octanol–water partition coefficient (Wildman–Crippen LogP) is -0.726. The summed E-state index contributed by atoms with van der Waals surface area (Å²) in [6.45, 7) is 0. The summed E-state index contributed by atoms with van der Waals surface area (Å²) in [5.74, 6) is 0.115. The van der Waals surface area contributed by atoms with E-state index < -0.39 is 10.7 Å². The number of aryl methyl sites for hydroxylation is 1. The first-order chi connectivity index (χ1) is 5.18. The highest BCUT2D eigenvalue weighted by atomic mass is 32.2. The van der Waals surface area contributed by atoms with Gasteiger partial charge in [0.15, 0.2) is 0 Å². The van der Waals surface area contributed by atoms with Crippen LogP contribution in [-0.4, -0.2) is 24.4 Å². The minimum Gasteiger partial charge on any atom is -0.374 e. The molecule has 1 heterocycles. The van der Waals surface area contributed by atoms with Gasteiger partial charge in [-0.05, 0) is 0 Å². The molecule has 0 aliphatic heterocycles. The maximum absolute atomic E-state index is 10.1. The van der Waals surface area contributed by atoms with Gasteiger partial charge in [-0.25, -0.2) is 8.42 Å². The van der Waals surface area contributed by atoms with Crippen LogP contribution in [0.25, 0.3) is 0 Å². The molecule has 11 heavy (non-hydrogen) atoms. The highest BCUT2D eigenvalue weighted by Crippen LogP contribution is 2.10. The quantitative estimate of drug-likeness (QED) is 0.618. The third-order valence-corrected chi connectivity index (χ3v) is 2.39. The average Bonchev–Trinajstić information content (AvgIpc) is 2.31. The van der Waals surface area contributed by atoms with Crippen LogP contribution in [0.2, 0.25) is 0 Å². The van der Waals surface area contributed by atoms with Crippen LogP contribution in [0.5, 0.6) is 0 Å². The molecule has 0 amide bonds. The Morgan fingerprint density at radius 1 is 1.45 bits per heavy atom. The van der Waals surface area contributed by atoms with E-state index in [4.69, 9.17) is 5.73 Å². The van der Waals surface area contributed by atoms with Crippen molar-refractivity contribution in [2.24, 2.45) is 0 Å². The van der Waals surface area contributed by atoms with Crippen molar-refractivity contribution in [3.8, 4) is 0 Å². The van der Waals surface area contributed by atoms with Crippen molar-refractivity contribution in [1.29, 1.82) is 0 Å². The van der Waals surface area contributed by atoms with E-state index in [0.29, 0.717) is 16.6 Å². The first kappa shape index (κ1) is 8.41. The van der Waals surface area contributed by atoms with Crippen LogP contribution in [0.3, 0.4) is 0 Å². The van der Waals surface area contributed by atoms with E-state index in [1.807, 2.05) is 0 Å². The molecule has 0 aromatic carbocycles. The third-order valence-electron chi connectivity index (χ3n) is 0.991. The zero-order chi connectivity index (χ0) is 8.27. The number of nitrogen functional groups attached to an aromatic ring is 1. The second kappa shape index (κ2) is 3.63. The molecule has 0 aliphatic carbocycles. The van der Waals surface area contributed by atoms with Gasteiger partial charge in [-0.15, -0.1) is 10.2 Å². The summed E-state index contributed by atoms with van der Waals surface area (Å²) in [5.41, 5.74) is 5.28. The summed E-state index contributed by atoms with van der Waals surface area (Å²) < 4.78 is 20.3. The Labute approximate surface area is 69.2 Å². The molecule has 0 saturated carbocycles. The van der Waals surface area contributed by atoms with Crippen LogP contribution in [0.1, 0.15) is 5.01 Å². The van der Waals surface area contributed by atoms with Gasteiger partial charge >= 0.3 is 0 Å². The normalized spacial score (nSPS) is 10.6. The molecule has 62 valence electrons. The van der Waals surface area contributed by atoms with Crippen LogP contribution in [0.4, 0.5) is 5.13 Å². The van der Waals surface area contributed by atoms with Gasteiger partial charge in [-0.3, -0.25) is 0 Å². The fourth-order valence-electron chi connectivity index (χ4n) is 0.555. The maximum atomic E-state index is 10.1. The van der Waals surface area contributed by atoms with Crippen molar-refractivity contribution < 1.29 is 8.42 Å². The first-order valence-corrected chi connectivity index (χ1v) is 5.06. The van der Waals surface area contributed by atoms with Gasteiger partial charge in [0.05, 0.1) is 5.75 Å². The Bertz CT molecular complexity index is 298. The van der Waals surface area contributed by atoms with Gasteiger partial charge in [0.25, 0.3) is 0 Å². The molecule has 7 heteroatoms. The summed E-state index contributed by atoms with van der Waals surface area (Å²) in [6, 6.07) is 0. The molecular formula is C4H7N3O2S2. The molecule has 0 aliphatic rings. The van der Waals surface area contributed by atoms with Crippen molar-refractivity contribution in [1.82, 2.24) is 10.2 Å². The fourth-order valence-corrected chi connectivity index (χ4v) is 1.71. The molecule has 0 unspecified atom stereocenters. The number of aromatic nitrogens is 2. The topological polar surface area (TPSA) is 85.9 Å². The summed E-state index contributed by atoms with van der Waals surface area (Å²) in [7, 11) is -2.32. The maximum Gasteiger partial charge on any atom is 0.203 e. The molecule has 0 saturated heterocycles. The molecule has 2 N–H and O–H groups in total. The largest absolute Gasteiger partial charge is 0.374 e. The highest BCUT2D eigenvalue weighted by molar-refractivity contribution is 7.72. The van der Waals surface area contributed by atoms with Crippen LogP contribution in [0, 0.1) is 0 Å². The lowest BCUT2D eigenvalue weighted by Gasteiger charge is -1.83. The van der Waals surface area contributed by atoms with Crippen molar-refractivity contribution in [2.45, 2.75) is 6.42 Å². The average molecular weight is 193 g/mol. The number of nitrogens with two attached hydrogens (primary N) is 1. The van der Waals surface area contributed by atoms with Crippen LogP contribution < -0.4 is 5.73 Å². The summed E-state index contributed by atoms with van der Waals surface area (Å²) in [5, 5.41) is 8.25. The fraction of sp³-hybridized carbons (Fsp3) is 0.500. The highest BCUT2D eigenvalue weighted by Gasteiger charge is 2.00. The lowest BCUT2D eigenvalue weighted by Crippen LogP contribution is -1.92. The van der Waals surface area contributed by atoms with Crippen molar-refractivity contribution >= 4 is 27.2 Å². The molecule has 0 atom stereocenters. The first-order valence-electron chi connectivity index (χ1n) is 2.88. The van der Waals surface area contributed by atoms with E-state index in [1.54, 1.807) is 0 Å². The summed E-state index contributed by atoms with van der Waals surface area (Å²) in [4.78, 5) is 0. The molecule has 1 rings (SSSR count). The van der Waals surface area contributed by atoms with Crippen molar-refractivity contribution in [3.63, 3.8) is 0 Å². The van der Waals surface area contributed by atoms with Gasteiger partial charge in [-0.2, -0.15) is 0 Å². The second-order valence-corrected chi connectivity index (χ2v) is 4.05. The number of nitrogens with zero attached hydrogens (tertiary/aromatic N) is 2. The van der Waals surface area contributed by atoms with E-state index in [-0.39, 0.29) is 5.75 Å². The lowest BCUT2D eigenvalue weighted by molar-refractivity contribution is 0.613. The molecule has 5 nitrogen and oxygen atoms in total. The van der Waals surface area contributed by atoms with Gasteiger partial charge in [0.2, 0.25) is 5.13 Å². The number of thiol groups is 1. The zero-order valence-corrected chi connectivity index (χ0v) is 7.27. The van der Waals surface area contributed by atoms with E-state index in [0.717, 1.165) is 0 Å². The molecule has 0 bridgehead atoms. The Kier molecular flexibility index (Phi) is 2.77. The monoisotopic (exact) mass is 193 g/mol. The SMILES string of the molecule is Nc1nnc(CC[SH](=O)=O)s1. The molecule has 0 fully saturated rings. The van der Waals surface area contributed by atoms with E-state index >= 15 is 0 Å². The van der Waals surface area contributed by atoms with Gasteiger partial charge in [0, 0.05) is 6.42 Å². The standard InChI is InChI=1S/C4H7N3O2S2/c5-4-7-6-3(10-4)1-2-11(8)9/h11H,1-2H2,(H2,5,7). The Morgan fingerprint density at radius 3 is 2.64 bits per heavy atom. The number of hydrogen-bond donors (Lipinski definition) is 2. The summed E-state index contributed by atoms with van der Waals surface area (Å²) in [6.07, 6.45) is 0.410. The Morgan fingerprint density at radius 2 is 2.18 bits per heavy atom. The molecule has 1 aromatic heterocycles. The molecule has 1 aromatic rings. The van der Waals surface area contributed by atoms with Crippen LogP contribution in [-0.2, 0) is 17.1 Å². The Hall–Kier alpha value is -0.690. The molecule has 0 radical (unpaired) electrons. The third kappa shape index (κ3) is 2.81. The van der Waals surface area contributed by atoms with Gasteiger partial charge in [0.1, 0.15) is 15.7 Å². The second-order valence-electron chi connectivity index (χ2n) is 1.84. The number of hydrogen-bond acceptors (Lipinski definition) is 6. The zero-order valence-electron chi connectivity index (χ0n) is 5.56. The number of rotatable bonds is 3. The van der Waals surface area contributed by atoms with Crippen molar-refractivity contribution in [2.75, 3.05) is 11.5 Å². The predicted molar refractivity (Wildman–Crippen MR) is 43.2 cm³/mol. The lowest BCUT2D eigenvalue weighted by atomic mass is 10.5. The molecule has 0 spiro atoms. The minimum absolute atomic E-state index is 0.115. The van der Waals surface area contributed by atoms with E-state index in [1.165, 1.54) is 11.3 Å².